The third-order valence-electron chi connectivity index (χ3n) is 4.45. The van der Waals surface area contributed by atoms with E-state index in [4.69, 9.17) is 0 Å². The summed E-state index contributed by atoms with van der Waals surface area (Å²) in [6.07, 6.45) is 1.63. The molecule has 0 spiro atoms. The average molecular weight is 416 g/mol. The topological polar surface area (TPSA) is 61.4 Å². The molecule has 26 heavy (non-hydrogen) atoms. The standard InChI is InChI=1S/C20H22BrN3O2/c21-17-8-4-6-15(12-17)13-22-20(26)24-11-5-7-16(14-24)19(25)23-18-9-2-1-3-10-18/h1-4,6,8-10,12,16H,5,7,11,13-14H2,(H,22,26)(H,23,25). The van der Waals surface area contributed by atoms with Gasteiger partial charge in [0.15, 0.2) is 0 Å². The Bertz CT molecular complexity index is 767. The number of anilines is 1. The Morgan fingerprint density at radius 2 is 1.92 bits per heavy atom. The summed E-state index contributed by atoms with van der Waals surface area (Å²) < 4.78 is 0.986. The fourth-order valence-corrected chi connectivity index (χ4v) is 3.52. The number of para-hydroxylation sites is 1. The number of likely N-dealkylation sites (tertiary alicyclic amines) is 1. The lowest BCUT2D eigenvalue weighted by Crippen LogP contribution is -2.47. The zero-order chi connectivity index (χ0) is 18.4. The van der Waals surface area contributed by atoms with E-state index in [2.05, 4.69) is 26.6 Å². The first-order valence-electron chi connectivity index (χ1n) is 8.75. The summed E-state index contributed by atoms with van der Waals surface area (Å²) in [4.78, 5) is 26.7. The van der Waals surface area contributed by atoms with Gasteiger partial charge in [-0.05, 0) is 42.7 Å². The molecule has 1 atom stereocenters. The summed E-state index contributed by atoms with van der Waals surface area (Å²) in [6, 6.07) is 17.1. The lowest BCUT2D eigenvalue weighted by Gasteiger charge is -2.32. The van der Waals surface area contributed by atoms with Crippen LogP contribution in [0.1, 0.15) is 18.4 Å². The second-order valence-electron chi connectivity index (χ2n) is 6.43. The van der Waals surface area contributed by atoms with Gasteiger partial charge in [-0.25, -0.2) is 4.79 Å². The smallest absolute Gasteiger partial charge is 0.317 e. The van der Waals surface area contributed by atoms with Gasteiger partial charge in [-0.2, -0.15) is 0 Å². The minimum absolute atomic E-state index is 0.0271. The Kier molecular flexibility index (Phi) is 6.28. The van der Waals surface area contributed by atoms with E-state index in [-0.39, 0.29) is 17.9 Å². The van der Waals surface area contributed by atoms with Gasteiger partial charge in [0.2, 0.25) is 5.91 Å². The minimum atomic E-state index is -0.180. The normalized spacial score (nSPS) is 16.8. The third kappa shape index (κ3) is 5.08. The SMILES string of the molecule is O=C(Nc1ccccc1)C1CCCN(C(=O)NCc2cccc(Br)c2)C1. The van der Waals surface area contributed by atoms with Crippen LogP contribution in [-0.2, 0) is 11.3 Å². The van der Waals surface area contributed by atoms with Gasteiger partial charge < -0.3 is 15.5 Å². The lowest BCUT2D eigenvalue weighted by molar-refractivity contribution is -0.121. The summed E-state index contributed by atoms with van der Waals surface area (Å²) in [7, 11) is 0. The molecule has 1 aliphatic rings. The van der Waals surface area contributed by atoms with Gasteiger partial charge in [0.1, 0.15) is 0 Å². The zero-order valence-electron chi connectivity index (χ0n) is 14.5. The van der Waals surface area contributed by atoms with Crippen molar-refractivity contribution in [1.29, 1.82) is 0 Å². The van der Waals surface area contributed by atoms with Crippen LogP contribution in [0.15, 0.2) is 59.1 Å². The van der Waals surface area contributed by atoms with Crippen LogP contribution in [-0.4, -0.2) is 29.9 Å². The number of nitrogens with one attached hydrogen (secondary N) is 2. The molecular formula is C20H22BrN3O2. The molecule has 0 aliphatic carbocycles. The maximum atomic E-state index is 12.5. The molecule has 1 saturated heterocycles. The van der Waals surface area contributed by atoms with Crippen LogP contribution in [0.4, 0.5) is 10.5 Å². The van der Waals surface area contributed by atoms with E-state index in [0.717, 1.165) is 28.6 Å². The van der Waals surface area contributed by atoms with Gasteiger partial charge in [0.05, 0.1) is 5.92 Å². The maximum Gasteiger partial charge on any atom is 0.317 e. The molecule has 3 rings (SSSR count). The molecule has 2 aromatic rings. The van der Waals surface area contributed by atoms with Crippen LogP contribution in [0.5, 0.6) is 0 Å². The number of halogens is 1. The van der Waals surface area contributed by atoms with Gasteiger partial charge in [-0.15, -0.1) is 0 Å². The van der Waals surface area contributed by atoms with E-state index in [9.17, 15) is 9.59 Å². The Balaban J connectivity index is 1.52. The van der Waals surface area contributed by atoms with E-state index in [1.165, 1.54) is 0 Å². The van der Waals surface area contributed by atoms with E-state index >= 15 is 0 Å². The van der Waals surface area contributed by atoms with Gasteiger partial charge in [0, 0.05) is 29.8 Å². The maximum absolute atomic E-state index is 12.5. The van der Waals surface area contributed by atoms with E-state index in [1.807, 2.05) is 54.6 Å². The Morgan fingerprint density at radius 3 is 2.69 bits per heavy atom. The molecule has 0 bridgehead atoms. The average Bonchev–Trinajstić information content (AvgIpc) is 2.67. The Morgan fingerprint density at radius 1 is 1.12 bits per heavy atom. The number of amides is 3. The van der Waals surface area contributed by atoms with Crippen molar-refractivity contribution in [3.63, 3.8) is 0 Å². The summed E-state index contributed by atoms with van der Waals surface area (Å²) in [5, 5.41) is 5.87. The number of rotatable bonds is 4. The first-order chi connectivity index (χ1) is 12.6. The molecule has 136 valence electrons. The van der Waals surface area contributed by atoms with Crippen LogP contribution in [0, 0.1) is 5.92 Å². The van der Waals surface area contributed by atoms with Crippen molar-refractivity contribution < 1.29 is 9.59 Å². The second kappa shape index (κ2) is 8.85. The third-order valence-corrected chi connectivity index (χ3v) is 4.95. The molecule has 2 N–H and O–H groups in total. The van der Waals surface area contributed by atoms with Crippen molar-refractivity contribution in [3.05, 3.63) is 64.6 Å². The van der Waals surface area contributed by atoms with Crippen LogP contribution in [0.25, 0.3) is 0 Å². The molecule has 5 nitrogen and oxygen atoms in total. The fraction of sp³-hybridized carbons (Fsp3) is 0.300. The van der Waals surface area contributed by atoms with Gasteiger partial charge in [-0.3, -0.25) is 4.79 Å². The van der Waals surface area contributed by atoms with Crippen LogP contribution >= 0.6 is 15.9 Å². The second-order valence-corrected chi connectivity index (χ2v) is 7.34. The molecular weight excluding hydrogens is 394 g/mol. The largest absolute Gasteiger partial charge is 0.334 e. The van der Waals surface area contributed by atoms with Crippen molar-refractivity contribution in [2.24, 2.45) is 5.92 Å². The number of urea groups is 1. The van der Waals surface area contributed by atoms with E-state index in [0.29, 0.717) is 19.6 Å². The van der Waals surface area contributed by atoms with Crippen LogP contribution in [0.2, 0.25) is 0 Å². The molecule has 0 radical (unpaired) electrons. The van der Waals surface area contributed by atoms with Gasteiger partial charge >= 0.3 is 6.03 Å². The molecule has 0 saturated carbocycles. The Labute approximate surface area is 161 Å². The molecule has 1 unspecified atom stereocenters. The number of carbonyl (C=O) groups excluding carboxylic acids is 2. The monoisotopic (exact) mass is 415 g/mol. The highest BCUT2D eigenvalue weighted by atomic mass is 79.9. The predicted molar refractivity (Wildman–Crippen MR) is 106 cm³/mol. The fourth-order valence-electron chi connectivity index (χ4n) is 3.08. The molecule has 1 heterocycles. The van der Waals surface area contributed by atoms with Crippen LogP contribution < -0.4 is 10.6 Å². The molecule has 6 heteroatoms. The van der Waals surface area contributed by atoms with E-state index < -0.39 is 0 Å². The summed E-state index contributed by atoms with van der Waals surface area (Å²) >= 11 is 3.43. The molecule has 0 aromatic heterocycles. The number of nitrogens with zero attached hydrogens (tertiary/aromatic N) is 1. The number of benzene rings is 2. The van der Waals surface area contributed by atoms with Gasteiger partial charge in [0.25, 0.3) is 0 Å². The van der Waals surface area contributed by atoms with Crippen molar-refractivity contribution >= 4 is 33.6 Å². The van der Waals surface area contributed by atoms with Crippen molar-refractivity contribution in [1.82, 2.24) is 10.2 Å². The van der Waals surface area contributed by atoms with Gasteiger partial charge in [-0.1, -0.05) is 46.3 Å². The highest BCUT2D eigenvalue weighted by Gasteiger charge is 2.28. The molecule has 2 aromatic carbocycles. The predicted octanol–water partition coefficient (Wildman–Crippen LogP) is 4.01. The highest BCUT2D eigenvalue weighted by Crippen LogP contribution is 2.19. The summed E-state index contributed by atoms with van der Waals surface area (Å²) in [5.74, 6) is -0.207. The Hall–Kier alpha value is -2.34. The number of piperidine rings is 1. The lowest BCUT2D eigenvalue weighted by atomic mass is 9.97. The van der Waals surface area contributed by atoms with Crippen molar-refractivity contribution in [3.8, 4) is 0 Å². The summed E-state index contributed by atoms with van der Waals surface area (Å²) in [5.41, 5.74) is 1.82. The number of hydrogen-bond donors (Lipinski definition) is 2. The number of hydrogen-bond acceptors (Lipinski definition) is 2. The highest BCUT2D eigenvalue weighted by molar-refractivity contribution is 9.10. The summed E-state index contributed by atoms with van der Waals surface area (Å²) in [6.45, 7) is 1.60. The molecule has 3 amide bonds. The zero-order valence-corrected chi connectivity index (χ0v) is 16.0. The first kappa shape index (κ1) is 18.5. The first-order valence-corrected chi connectivity index (χ1v) is 9.54. The van der Waals surface area contributed by atoms with Crippen molar-refractivity contribution in [2.45, 2.75) is 19.4 Å². The van der Waals surface area contributed by atoms with E-state index in [1.54, 1.807) is 4.90 Å². The van der Waals surface area contributed by atoms with Crippen molar-refractivity contribution in [2.75, 3.05) is 18.4 Å². The quantitative estimate of drug-likeness (QED) is 0.791. The van der Waals surface area contributed by atoms with Crippen LogP contribution in [0.3, 0.4) is 0 Å². The number of carbonyl (C=O) groups is 2. The molecule has 1 aliphatic heterocycles. The minimum Gasteiger partial charge on any atom is -0.334 e. The molecule has 1 fully saturated rings.